The van der Waals surface area contributed by atoms with Gasteiger partial charge in [0.25, 0.3) is 6.71 Å². The van der Waals surface area contributed by atoms with Gasteiger partial charge in [0, 0.05) is 44.1 Å². The van der Waals surface area contributed by atoms with Crippen LogP contribution in [0.4, 0.5) is 0 Å². The number of rotatable bonds is 2. The lowest BCUT2D eigenvalue weighted by Crippen LogP contribution is -2.76. The van der Waals surface area contributed by atoms with Crippen molar-refractivity contribution < 1.29 is 0 Å². The van der Waals surface area contributed by atoms with E-state index in [9.17, 15) is 0 Å². The van der Waals surface area contributed by atoms with Gasteiger partial charge in [-0.05, 0) is 65.5 Å². The number of hydrogen-bond donors (Lipinski definition) is 0. The van der Waals surface area contributed by atoms with Crippen molar-refractivity contribution in [3.63, 3.8) is 0 Å². The SMILES string of the molecule is c1ccc(-c2c(-c3ccccc3)n3c4c(cccc24)B2c4c-3ccc3c4-n4c5c2cccc5c2cccc(c24)[Si]32c3ccccc3-c3ccccc32)cc1. The summed E-state index contributed by atoms with van der Waals surface area (Å²) in [5, 5.41) is 10.1. The van der Waals surface area contributed by atoms with Crippen molar-refractivity contribution in [3.05, 3.63) is 176 Å². The first kappa shape index (κ1) is 28.0. The Morgan fingerprint density at radius 2 is 0.944 bits per heavy atom. The largest absolute Gasteiger partial charge is 0.310 e. The van der Waals surface area contributed by atoms with Crippen molar-refractivity contribution in [2.45, 2.75) is 0 Å². The molecule has 8 aromatic carbocycles. The summed E-state index contributed by atoms with van der Waals surface area (Å²) in [5.74, 6) is 0. The minimum Gasteiger partial charge on any atom is -0.310 e. The number of aromatic nitrogens is 2. The van der Waals surface area contributed by atoms with E-state index < -0.39 is 8.07 Å². The normalized spacial score (nSPS) is 14.4. The molecule has 0 saturated carbocycles. The fourth-order valence-corrected chi connectivity index (χ4v) is 17.1. The van der Waals surface area contributed by atoms with E-state index in [2.05, 4.69) is 185 Å². The number of nitrogens with zero attached hydrogens (tertiary/aromatic N) is 2. The summed E-state index contributed by atoms with van der Waals surface area (Å²) in [5.41, 5.74) is 18.9. The quantitative estimate of drug-likeness (QED) is 0.175. The second-order valence-corrected chi connectivity index (χ2v) is 19.1. The van der Waals surface area contributed by atoms with Crippen LogP contribution in [0.5, 0.6) is 0 Å². The zero-order valence-corrected chi connectivity index (χ0v) is 30.2. The third-order valence-corrected chi connectivity index (χ3v) is 18.2. The molecule has 0 unspecified atom stereocenters. The second-order valence-electron chi connectivity index (χ2n) is 15.5. The van der Waals surface area contributed by atoms with E-state index in [1.165, 1.54) is 115 Å². The second kappa shape index (κ2) is 9.48. The molecule has 4 heteroatoms. The molecular formula is C50H29BN2Si. The molecule has 10 aromatic rings. The fraction of sp³-hybridized carbons (Fsp3) is 0. The molecule has 4 aliphatic heterocycles. The molecule has 2 aromatic heterocycles. The third kappa shape index (κ3) is 2.94. The van der Waals surface area contributed by atoms with Crippen molar-refractivity contribution in [1.29, 1.82) is 0 Å². The van der Waals surface area contributed by atoms with Gasteiger partial charge in [-0.2, -0.15) is 0 Å². The molecule has 0 radical (unpaired) electrons. The van der Waals surface area contributed by atoms with Gasteiger partial charge >= 0.3 is 0 Å². The van der Waals surface area contributed by atoms with Gasteiger partial charge in [-0.1, -0.05) is 170 Å². The van der Waals surface area contributed by atoms with Crippen LogP contribution in [0.15, 0.2) is 176 Å². The molecule has 0 fully saturated rings. The molecule has 0 N–H and O–H groups in total. The van der Waals surface area contributed by atoms with E-state index in [0.29, 0.717) is 0 Å². The molecule has 1 spiro atoms. The molecule has 0 atom stereocenters. The average molecular weight is 697 g/mol. The van der Waals surface area contributed by atoms with E-state index in [1.54, 1.807) is 0 Å². The van der Waals surface area contributed by atoms with Crippen molar-refractivity contribution in [1.82, 2.24) is 9.13 Å². The number of hydrogen-bond acceptors (Lipinski definition) is 0. The molecule has 0 saturated heterocycles. The van der Waals surface area contributed by atoms with E-state index in [4.69, 9.17) is 0 Å². The van der Waals surface area contributed by atoms with Crippen molar-refractivity contribution >= 4 is 84.6 Å². The standard InChI is InChI=1S/C50H29BN2Si/c1-3-14-30(15-4-1)44-36-22-12-24-38-48(36)52(46(44)31-16-5-2-6-17-31)39-28-29-43-50-45(39)51(38)37-23-11-20-34-35-21-13-27-42(49(35)53(50)47(34)37)54(43)40-25-9-7-18-32(40)33-19-8-10-26-41(33)54/h1-29H. The zero-order valence-electron chi connectivity index (χ0n) is 29.2. The Morgan fingerprint density at radius 3 is 1.65 bits per heavy atom. The van der Waals surface area contributed by atoms with Gasteiger partial charge in [-0.15, -0.1) is 0 Å². The van der Waals surface area contributed by atoms with Gasteiger partial charge < -0.3 is 9.13 Å². The maximum Gasteiger partial charge on any atom is 0.252 e. The van der Waals surface area contributed by atoms with Crippen LogP contribution in [-0.2, 0) is 0 Å². The van der Waals surface area contributed by atoms with Gasteiger partial charge in [0.1, 0.15) is 0 Å². The first-order valence-corrected chi connectivity index (χ1v) is 21.1. The van der Waals surface area contributed by atoms with Gasteiger partial charge in [0.05, 0.1) is 11.2 Å². The minimum absolute atomic E-state index is 0.105. The Kier molecular flexibility index (Phi) is 4.91. The maximum absolute atomic E-state index is 2.75. The molecule has 6 heterocycles. The summed E-state index contributed by atoms with van der Waals surface area (Å²) in [6.07, 6.45) is 0. The predicted octanol–water partition coefficient (Wildman–Crippen LogP) is 6.88. The highest BCUT2D eigenvalue weighted by Crippen LogP contribution is 2.46. The van der Waals surface area contributed by atoms with Gasteiger partial charge in [0.2, 0.25) is 0 Å². The molecule has 54 heavy (non-hydrogen) atoms. The van der Waals surface area contributed by atoms with E-state index in [-0.39, 0.29) is 6.71 Å². The molecule has 0 bridgehead atoms. The summed E-state index contributed by atoms with van der Waals surface area (Å²) in [7, 11) is -2.75. The van der Waals surface area contributed by atoms with E-state index >= 15 is 0 Å². The summed E-state index contributed by atoms with van der Waals surface area (Å²) >= 11 is 0. The van der Waals surface area contributed by atoms with E-state index in [0.717, 1.165) is 0 Å². The number of fused-ring (bicyclic) bond motifs is 11. The van der Waals surface area contributed by atoms with Crippen LogP contribution in [0.2, 0.25) is 0 Å². The molecule has 4 aliphatic rings. The highest BCUT2D eigenvalue weighted by molar-refractivity contribution is 7.24. The lowest BCUT2D eigenvalue weighted by Gasteiger charge is -2.42. The monoisotopic (exact) mass is 696 g/mol. The third-order valence-electron chi connectivity index (χ3n) is 13.3. The Labute approximate surface area is 313 Å². The lowest BCUT2D eigenvalue weighted by atomic mass is 9.34. The van der Waals surface area contributed by atoms with Gasteiger partial charge in [-0.3, -0.25) is 0 Å². The molecule has 0 aliphatic carbocycles. The Hall–Kier alpha value is -6.62. The van der Waals surface area contributed by atoms with Crippen molar-refractivity contribution in [3.8, 4) is 44.9 Å². The fourth-order valence-electron chi connectivity index (χ4n) is 11.6. The van der Waals surface area contributed by atoms with Crippen LogP contribution in [0.25, 0.3) is 77.6 Å². The van der Waals surface area contributed by atoms with Crippen LogP contribution in [0, 0.1) is 0 Å². The molecule has 14 rings (SSSR count). The summed E-state index contributed by atoms with van der Waals surface area (Å²) in [4.78, 5) is 0. The average Bonchev–Trinajstić information content (AvgIpc) is 3.87. The van der Waals surface area contributed by atoms with E-state index in [1.807, 2.05) is 0 Å². The summed E-state index contributed by atoms with van der Waals surface area (Å²) in [6, 6.07) is 67.3. The highest BCUT2D eigenvalue weighted by Gasteiger charge is 2.55. The Bertz CT molecular complexity index is 3290. The first-order chi connectivity index (χ1) is 26.9. The van der Waals surface area contributed by atoms with Gasteiger partial charge in [0.15, 0.2) is 8.07 Å². The minimum atomic E-state index is -2.75. The zero-order chi connectivity index (χ0) is 34.9. The van der Waals surface area contributed by atoms with Crippen LogP contribution >= 0.6 is 0 Å². The van der Waals surface area contributed by atoms with Gasteiger partial charge in [-0.25, -0.2) is 0 Å². The highest BCUT2D eigenvalue weighted by atomic mass is 28.3. The van der Waals surface area contributed by atoms with Crippen LogP contribution < -0.4 is 37.1 Å². The number of para-hydroxylation sites is 3. The molecule has 2 nitrogen and oxygen atoms in total. The topological polar surface area (TPSA) is 9.86 Å². The smallest absolute Gasteiger partial charge is 0.252 e. The van der Waals surface area contributed by atoms with Crippen LogP contribution in [0.3, 0.4) is 0 Å². The summed E-state index contributed by atoms with van der Waals surface area (Å²) in [6.45, 7) is 0.105. The predicted molar refractivity (Wildman–Crippen MR) is 229 cm³/mol. The van der Waals surface area contributed by atoms with Crippen molar-refractivity contribution in [2.75, 3.05) is 0 Å². The number of benzene rings is 8. The Balaban J connectivity index is 1.24. The Morgan fingerprint density at radius 1 is 0.389 bits per heavy atom. The van der Waals surface area contributed by atoms with Crippen LogP contribution in [-0.4, -0.2) is 23.9 Å². The first-order valence-electron chi connectivity index (χ1n) is 19.1. The molecule has 246 valence electrons. The molecule has 0 amide bonds. The van der Waals surface area contributed by atoms with Crippen LogP contribution in [0.1, 0.15) is 0 Å². The summed E-state index contributed by atoms with van der Waals surface area (Å²) < 4.78 is 5.36. The maximum atomic E-state index is 2.72. The van der Waals surface area contributed by atoms with Crippen molar-refractivity contribution in [2.24, 2.45) is 0 Å². The molecular weight excluding hydrogens is 667 g/mol. The lowest BCUT2D eigenvalue weighted by molar-refractivity contribution is 1.12.